The molecule has 2 fully saturated rings. The minimum atomic E-state index is 0.326. The van der Waals surface area contributed by atoms with Crippen molar-refractivity contribution >= 4 is 28.5 Å². The summed E-state index contributed by atoms with van der Waals surface area (Å²) in [5.41, 5.74) is 0.946. The lowest BCUT2D eigenvalue weighted by Gasteiger charge is -2.29. The van der Waals surface area contributed by atoms with Gasteiger partial charge in [-0.2, -0.15) is 4.98 Å². The van der Waals surface area contributed by atoms with Crippen molar-refractivity contribution in [3.05, 3.63) is 17.5 Å². The number of aryl methyl sites for hydroxylation is 1. The van der Waals surface area contributed by atoms with Crippen molar-refractivity contribution in [1.29, 1.82) is 0 Å². The van der Waals surface area contributed by atoms with E-state index < -0.39 is 0 Å². The van der Waals surface area contributed by atoms with Crippen LogP contribution in [-0.2, 0) is 6.54 Å². The third kappa shape index (κ3) is 4.13. The van der Waals surface area contributed by atoms with Gasteiger partial charge in [-0.05, 0) is 89.5 Å². The molecule has 26 heavy (non-hydrogen) atoms. The van der Waals surface area contributed by atoms with Gasteiger partial charge in [0.15, 0.2) is 0 Å². The Morgan fingerprint density at radius 2 is 1.88 bits per heavy atom. The molecule has 0 aromatic carbocycles. The zero-order valence-electron chi connectivity index (χ0n) is 15.6. The molecule has 2 aromatic heterocycles. The summed E-state index contributed by atoms with van der Waals surface area (Å²) in [6.45, 7) is 6.89. The Bertz CT molecular complexity index is 731. The minimum Gasteiger partial charge on any atom is -0.367 e. The van der Waals surface area contributed by atoms with Crippen LogP contribution >= 0.6 is 11.6 Å². The van der Waals surface area contributed by atoms with Crippen molar-refractivity contribution in [2.24, 2.45) is 0 Å². The van der Waals surface area contributed by atoms with E-state index in [1.807, 2.05) is 0 Å². The molecule has 142 valence electrons. The van der Waals surface area contributed by atoms with Gasteiger partial charge in [-0.15, -0.1) is 0 Å². The fourth-order valence-electron chi connectivity index (χ4n) is 4.15. The number of hydrogen-bond acceptors (Lipinski definition) is 5. The molecule has 0 aliphatic carbocycles. The van der Waals surface area contributed by atoms with Gasteiger partial charge in [0.2, 0.25) is 5.28 Å². The zero-order valence-corrected chi connectivity index (χ0v) is 16.4. The van der Waals surface area contributed by atoms with Crippen molar-refractivity contribution in [3.63, 3.8) is 0 Å². The highest BCUT2D eigenvalue weighted by Crippen LogP contribution is 2.26. The normalized spacial score (nSPS) is 20.2. The number of aromatic nitrogens is 3. The molecule has 2 aliphatic heterocycles. The summed E-state index contributed by atoms with van der Waals surface area (Å²) in [7, 11) is 2.18. The van der Waals surface area contributed by atoms with Crippen LogP contribution in [0, 0.1) is 0 Å². The van der Waals surface area contributed by atoms with Gasteiger partial charge in [-0.3, -0.25) is 0 Å². The van der Waals surface area contributed by atoms with Crippen LogP contribution in [0.2, 0.25) is 5.28 Å². The Morgan fingerprint density at radius 3 is 2.65 bits per heavy atom. The first-order valence-electron chi connectivity index (χ1n) is 9.89. The summed E-state index contributed by atoms with van der Waals surface area (Å²) >= 11 is 6.24. The van der Waals surface area contributed by atoms with Crippen LogP contribution < -0.4 is 5.32 Å². The number of piperidine rings is 1. The molecule has 0 unspecified atom stereocenters. The van der Waals surface area contributed by atoms with Gasteiger partial charge >= 0.3 is 0 Å². The van der Waals surface area contributed by atoms with Gasteiger partial charge in [-0.25, -0.2) is 4.98 Å². The summed E-state index contributed by atoms with van der Waals surface area (Å²) < 4.78 is 2.22. The van der Waals surface area contributed by atoms with Crippen molar-refractivity contribution in [2.45, 2.75) is 44.7 Å². The smallest absolute Gasteiger partial charge is 0.226 e. The second-order valence-electron chi connectivity index (χ2n) is 7.71. The molecule has 0 spiro atoms. The average Bonchev–Trinajstić information content (AvgIpc) is 3.27. The predicted molar refractivity (Wildman–Crippen MR) is 107 cm³/mol. The number of fused-ring (bicyclic) bond motifs is 1. The maximum absolute atomic E-state index is 6.24. The lowest BCUT2D eigenvalue weighted by molar-refractivity contribution is 0.264. The SMILES string of the molecule is CN1CCC(Nc2nc(Cl)nc3c2ccn3CCCN2CCCC2)CC1. The lowest BCUT2D eigenvalue weighted by Crippen LogP contribution is -2.36. The zero-order chi connectivity index (χ0) is 17.9. The maximum Gasteiger partial charge on any atom is 0.226 e. The molecular formula is C19H29ClN6. The quantitative estimate of drug-likeness (QED) is 0.785. The first-order valence-corrected chi connectivity index (χ1v) is 10.3. The summed E-state index contributed by atoms with van der Waals surface area (Å²) in [4.78, 5) is 13.9. The van der Waals surface area contributed by atoms with E-state index >= 15 is 0 Å². The summed E-state index contributed by atoms with van der Waals surface area (Å²) in [6.07, 6.45) is 8.23. The van der Waals surface area contributed by atoms with Gasteiger partial charge in [-0.1, -0.05) is 0 Å². The molecule has 2 aliphatic rings. The van der Waals surface area contributed by atoms with Crippen LogP contribution in [0.5, 0.6) is 0 Å². The molecule has 4 rings (SSSR count). The van der Waals surface area contributed by atoms with E-state index in [1.165, 1.54) is 32.5 Å². The number of nitrogens with zero attached hydrogens (tertiary/aromatic N) is 5. The molecular weight excluding hydrogens is 348 g/mol. The molecule has 0 bridgehead atoms. The number of anilines is 1. The first-order chi connectivity index (χ1) is 12.7. The van der Waals surface area contributed by atoms with E-state index in [9.17, 15) is 0 Å². The lowest BCUT2D eigenvalue weighted by atomic mass is 10.1. The highest BCUT2D eigenvalue weighted by atomic mass is 35.5. The maximum atomic E-state index is 6.24. The van der Waals surface area contributed by atoms with Crippen LogP contribution in [0.25, 0.3) is 11.0 Å². The van der Waals surface area contributed by atoms with Crippen LogP contribution in [0.4, 0.5) is 5.82 Å². The summed E-state index contributed by atoms with van der Waals surface area (Å²) in [6, 6.07) is 2.58. The van der Waals surface area contributed by atoms with E-state index in [-0.39, 0.29) is 0 Å². The topological polar surface area (TPSA) is 49.2 Å². The Kier molecular flexibility index (Phi) is 5.62. The molecule has 6 nitrogen and oxygen atoms in total. The van der Waals surface area contributed by atoms with Gasteiger partial charge in [0.25, 0.3) is 0 Å². The van der Waals surface area contributed by atoms with Crippen molar-refractivity contribution in [3.8, 4) is 0 Å². The molecule has 0 atom stereocenters. The largest absolute Gasteiger partial charge is 0.367 e. The van der Waals surface area contributed by atoms with E-state index in [0.29, 0.717) is 11.3 Å². The molecule has 7 heteroatoms. The van der Waals surface area contributed by atoms with Crippen LogP contribution in [-0.4, -0.2) is 70.1 Å². The van der Waals surface area contributed by atoms with E-state index in [2.05, 4.69) is 49.0 Å². The molecule has 4 heterocycles. The molecule has 0 amide bonds. The van der Waals surface area contributed by atoms with Crippen molar-refractivity contribution in [2.75, 3.05) is 45.1 Å². The van der Waals surface area contributed by atoms with Gasteiger partial charge in [0, 0.05) is 18.8 Å². The molecule has 1 N–H and O–H groups in total. The van der Waals surface area contributed by atoms with Gasteiger partial charge < -0.3 is 19.7 Å². The molecule has 0 radical (unpaired) electrons. The number of nitrogens with one attached hydrogen (secondary N) is 1. The van der Waals surface area contributed by atoms with Crippen molar-refractivity contribution < 1.29 is 0 Å². The minimum absolute atomic E-state index is 0.326. The van der Waals surface area contributed by atoms with Crippen LogP contribution in [0.3, 0.4) is 0 Å². The average molecular weight is 377 g/mol. The Morgan fingerprint density at radius 1 is 1.12 bits per heavy atom. The third-order valence-electron chi connectivity index (χ3n) is 5.72. The fraction of sp³-hybridized carbons (Fsp3) is 0.684. The standard InChI is InChI=1S/C19H29ClN6/c1-24-12-5-15(6-13-24)21-17-16-7-14-26(18(16)23-19(20)22-17)11-4-10-25-8-2-3-9-25/h7,14-15H,2-6,8-13H2,1H3,(H,21,22,23). The second-order valence-corrected chi connectivity index (χ2v) is 8.05. The van der Waals surface area contributed by atoms with E-state index in [1.54, 1.807) is 0 Å². The highest BCUT2D eigenvalue weighted by Gasteiger charge is 2.19. The Labute approximate surface area is 160 Å². The van der Waals surface area contributed by atoms with E-state index in [0.717, 1.165) is 55.7 Å². The van der Waals surface area contributed by atoms with Crippen LogP contribution in [0.1, 0.15) is 32.1 Å². The van der Waals surface area contributed by atoms with Gasteiger partial charge in [0.05, 0.1) is 5.39 Å². The van der Waals surface area contributed by atoms with Gasteiger partial charge in [0.1, 0.15) is 11.5 Å². The third-order valence-corrected chi connectivity index (χ3v) is 5.89. The molecule has 2 saturated heterocycles. The van der Waals surface area contributed by atoms with E-state index in [4.69, 9.17) is 11.6 Å². The second kappa shape index (κ2) is 8.11. The molecule has 0 saturated carbocycles. The number of likely N-dealkylation sites (tertiary alicyclic amines) is 2. The summed E-state index contributed by atoms with van der Waals surface area (Å²) in [5, 5.41) is 5.02. The number of halogens is 1. The highest BCUT2D eigenvalue weighted by molar-refractivity contribution is 6.28. The molecule has 2 aromatic rings. The van der Waals surface area contributed by atoms with Crippen molar-refractivity contribution in [1.82, 2.24) is 24.3 Å². The predicted octanol–water partition coefficient (Wildman–Crippen LogP) is 3.08. The Hall–Kier alpha value is -1.37. The summed E-state index contributed by atoms with van der Waals surface area (Å²) in [5.74, 6) is 0.882. The monoisotopic (exact) mass is 376 g/mol. The fourth-order valence-corrected chi connectivity index (χ4v) is 4.31. The number of hydrogen-bond donors (Lipinski definition) is 1. The number of rotatable bonds is 6. The Balaban J connectivity index is 1.45. The van der Waals surface area contributed by atoms with Crippen LogP contribution in [0.15, 0.2) is 12.3 Å². The first kappa shape index (κ1) is 18.0.